The van der Waals surface area contributed by atoms with Crippen LogP contribution in [0.4, 0.5) is 0 Å². The molecule has 2 aromatic rings. The number of benzene rings is 1. The number of rotatable bonds is 6. The third kappa shape index (κ3) is 4.22. The van der Waals surface area contributed by atoms with E-state index in [1.165, 1.54) is 11.3 Å². The molecule has 1 saturated heterocycles. The first kappa shape index (κ1) is 19.7. The fraction of sp³-hybridized carbons (Fsp3) is 0.429. The second kappa shape index (κ2) is 8.05. The van der Waals surface area contributed by atoms with Crippen LogP contribution in [0.25, 0.3) is 0 Å². The maximum atomic E-state index is 13.3. The second-order valence-electron chi connectivity index (χ2n) is 7.71. The van der Waals surface area contributed by atoms with E-state index < -0.39 is 11.9 Å². The van der Waals surface area contributed by atoms with Crippen LogP contribution in [0.5, 0.6) is 0 Å². The Bertz CT molecular complexity index is 895. The van der Waals surface area contributed by atoms with Gasteiger partial charge in [-0.2, -0.15) is 0 Å². The van der Waals surface area contributed by atoms with Crippen molar-refractivity contribution in [3.63, 3.8) is 0 Å². The summed E-state index contributed by atoms with van der Waals surface area (Å²) in [7, 11) is 0. The number of thiophene rings is 1. The quantitative estimate of drug-likeness (QED) is 0.638. The number of carboxylic acids is 1. The maximum Gasteiger partial charge on any atom is 0.304 e. The number of likely N-dealkylation sites (tertiary alicyclic amines) is 1. The van der Waals surface area contributed by atoms with E-state index in [4.69, 9.17) is 23.2 Å². The summed E-state index contributed by atoms with van der Waals surface area (Å²) in [4.78, 5) is 27.6. The van der Waals surface area contributed by atoms with Crippen molar-refractivity contribution in [3.05, 3.63) is 56.2 Å². The van der Waals surface area contributed by atoms with E-state index in [2.05, 4.69) is 0 Å². The van der Waals surface area contributed by atoms with Gasteiger partial charge in [-0.15, -0.1) is 11.3 Å². The lowest BCUT2D eigenvalue weighted by Crippen LogP contribution is -2.48. The number of hydrogen-bond acceptors (Lipinski definition) is 3. The molecule has 0 unspecified atom stereocenters. The Morgan fingerprint density at radius 1 is 1.21 bits per heavy atom. The first-order valence-electron chi connectivity index (χ1n) is 9.45. The first-order valence-corrected chi connectivity index (χ1v) is 11.0. The van der Waals surface area contributed by atoms with Gasteiger partial charge in [-0.25, -0.2) is 0 Å². The molecule has 2 aliphatic rings. The lowest BCUT2D eigenvalue weighted by atomic mass is 9.76. The van der Waals surface area contributed by atoms with Crippen LogP contribution in [-0.4, -0.2) is 28.4 Å². The standard InChI is InChI=1S/C21H21Cl2NO3S/c22-15-3-1-2-13(8-15)16-9-14(10-19(25)26)21(27)24(11-12-4-5-12)20(16)17-6-7-18(23)28-17/h1-3,6-8,12,14,16,20H,4-5,9-11H2,(H,25,26)/t14-,16-,20+/m1/s1. The zero-order chi connectivity index (χ0) is 19.8. The minimum absolute atomic E-state index is 0.0192. The topological polar surface area (TPSA) is 57.6 Å². The van der Waals surface area contributed by atoms with Gasteiger partial charge in [0, 0.05) is 28.3 Å². The number of aliphatic carboxylic acids is 1. The molecule has 1 aliphatic heterocycles. The van der Waals surface area contributed by atoms with Gasteiger partial charge in [0.1, 0.15) is 0 Å². The summed E-state index contributed by atoms with van der Waals surface area (Å²) in [5.74, 6) is -1.03. The molecule has 1 amide bonds. The molecule has 1 saturated carbocycles. The van der Waals surface area contributed by atoms with E-state index in [0.717, 1.165) is 23.3 Å². The summed E-state index contributed by atoms with van der Waals surface area (Å²) in [6.07, 6.45) is 2.59. The molecule has 7 heteroatoms. The Balaban J connectivity index is 1.77. The van der Waals surface area contributed by atoms with Crippen molar-refractivity contribution in [2.75, 3.05) is 6.54 Å². The van der Waals surface area contributed by atoms with Gasteiger partial charge in [0.2, 0.25) is 5.91 Å². The molecule has 3 atom stereocenters. The highest BCUT2D eigenvalue weighted by atomic mass is 35.5. The fourth-order valence-electron chi connectivity index (χ4n) is 4.18. The van der Waals surface area contributed by atoms with Gasteiger partial charge in [-0.05, 0) is 55.0 Å². The average Bonchev–Trinajstić information content (AvgIpc) is 3.36. The second-order valence-corrected chi connectivity index (χ2v) is 9.90. The molecule has 1 N–H and O–H groups in total. The Labute approximate surface area is 178 Å². The molecular weight excluding hydrogens is 417 g/mol. The summed E-state index contributed by atoms with van der Waals surface area (Å²) in [5, 5.41) is 9.98. The molecule has 1 aromatic heterocycles. The summed E-state index contributed by atoms with van der Waals surface area (Å²) in [6.45, 7) is 0.673. The minimum atomic E-state index is -0.938. The summed E-state index contributed by atoms with van der Waals surface area (Å²) < 4.78 is 0.686. The van der Waals surface area contributed by atoms with Crippen LogP contribution in [0, 0.1) is 11.8 Å². The van der Waals surface area contributed by atoms with Crippen molar-refractivity contribution in [2.24, 2.45) is 11.8 Å². The largest absolute Gasteiger partial charge is 0.481 e. The number of carboxylic acid groups (broad SMARTS) is 1. The van der Waals surface area contributed by atoms with Gasteiger partial charge < -0.3 is 10.0 Å². The Morgan fingerprint density at radius 2 is 2.00 bits per heavy atom. The van der Waals surface area contributed by atoms with Gasteiger partial charge >= 0.3 is 5.97 Å². The van der Waals surface area contributed by atoms with E-state index in [9.17, 15) is 14.7 Å². The third-order valence-electron chi connectivity index (χ3n) is 5.62. The van der Waals surface area contributed by atoms with Crippen LogP contribution in [0.2, 0.25) is 9.36 Å². The van der Waals surface area contributed by atoms with Gasteiger partial charge in [-0.3, -0.25) is 9.59 Å². The molecular formula is C21H21Cl2NO3S. The van der Waals surface area contributed by atoms with Crippen LogP contribution in [0.1, 0.15) is 48.1 Å². The molecule has 2 fully saturated rings. The number of amides is 1. The number of halogens is 2. The molecule has 4 rings (SSSR count). The molecule has 148 valence electrons. The average molecular weight is 438 g/mol. The molecule has 0 spiro atoms. The predicted molar refractivity (Wildman–Crippen MR) is 111 cm³/mol. The lowest BCUT2D eigenvalue weighted by molar-refractivity contribution is -0.150. The SMILES string of the molecule is O=C(O)C[C@H]1C[C@H](c2cccc(Cl)c2)[C@@H](c2ccc(Cl)s2)N(CC2CC2)C1=O. The Morgan fingerprint density at radius 3 is 2.61 bits per heavy atom. The van der Waals surface area contributed by atoms with Crippen LogP contribution in [0.15, 0.2) is 36.4 Å². The first-order chi connectivity index (χ1) is 13.4. The zero-order valence-electron chi connectivity index (χ0n) is 15.2. The molecule has 0 radical (unpaired) electrons. The summed E-state index contributed by atoms with van der Waals surface area (Å²) >= 11 is 14.0. The Kier molecular flexibility index (Phi) is 5.68. The fourth-order valence-corrected chi connectivity index (χ4v) is 5.62. The van der Waals surface area contributed by atoms with Crippen LogP contribution in [0.3, 0.4) is 0 Å². The predicted octanol–water partition coefficient (Wildman–Crippen LogP) is 5.61. The van der Waals surface area contributed by atoms with Gasteiger partial charge in [0.15, 0.2) is 0 Å². The van der Waals surface area contributed by atoms with Crippen molar-refractivity contribution in [1.29, 1.82) is 0 Å². The van der Waals surface area contributed by atoms with Gasteiger partial charge in [0.25, 0.3) is 0 Å². The summed E-state index contributed by atoms with van der Waals surface area (Å²) in [6, 6.07) is 11.4. The maximum absolute atomic E-state index is 13.3. The highest BCUT2D eigenvalue weighted by molar-refractivity contribution is 7.16. The van der Waals surface area contributed by atoms with Crippen molar-refractivity contribution >= 4 is 46.4 Å². The number of hydrogen-bond donors (Lipinski definition) is 1. The lowest BCUT2D eigenvalue weighted by Gasteiger charge is -2.44. The van der Waals surface area contributed by atoms with E-state index in [1.807, 2.05) is 41.3 Å². The van der Waals surface area contributed by atoms with Crippen molar-refractivity contribution < 1.29 is 14.7 Å². The van der Waals surface area contributed by atoms with Gasteiger partial charge in [0.05, 0.1) is 16.8 Å². The number of nitrogens with zero attached hydrogens (tertiary/aromatic N) is 1. The molecule has 4 nitrogen and oxygen atoms in total. The van der Waals surface area contributed by atoms with Crippen molar-refractivity contribution in [2.45, 2.75) is 37.6 Å². The highest BCUT2D eigenvalue weighted by Gasteiger charge is 2.45. The normalized spacial score (nSPS) is 25.1. The zero-order valence-corrected chi connectivity index (χ0v) is 17.5. The molecule has 2 heterocycles. The van der Waals surface area contributed by atoms with Crippen molar-refractivity contribution in [1.82, 2.24) is 4.90 Å². The van der Waals surface area contributed by atoms with E-state index in [0.29, 0.717) is 28.2 Å². The number of piperidine rings is 1. The van der Waals surface area contributed by atoms with Crippen molar-refractivity contribution in [3.8, 4) is 0 Å². The summed E-state index contributed by atoms with van der Waals surface area (Å²) in [5.41, 5.74) is 1.03. The van der Waals surface area contributed by atoms with Crippen LogP contribution in [-0.2, 0) is 9.59 Å². The highest BCUT2D eigenvalue weighted by Crippen LogP contribution is 2.49. The van der Waals surface area contributed by atoms with Crippen LogP contribution >= 0.6 is 34.5 Å². The molecule has 1 aliphatic carbocycles. The molecule has 1 aromatic carbocycles. The number of carbonyl (C=O) groups excluding carboxylic acids is 1. The Hall–Kier alpha value is -1.56. The smallest absolute Gasteiger partial charge is 0.304 e. The molecule has 0 bridgehead atoms. The minimum Gasteiger partial charge on any atom is -0.481 e. The monoisotopic (exact) mass is 437 g/mol. The van der Waals surface area contributed by atoms with Gasteiger partial charge in [-0.1, -0.05) is 35.3 Å². The van der Waals surface area contributed by atoms with E-state index >= 15 is 0 Å². The van der Waals surface area contributed by atoms with E-state index in [1.54, 1.807) is 0 Å². The molecule has 28 heavy (non-hydrogen) atoms. The van der Waals surface area contributed by atoms with Crippen LogP contribution < -0.4 is 0 Å². The van der Waals surface area contributed by atoms with E-state index in [-0.39, 0.29) is 24.3 Å². The number of carbonyl (C=O) groups is 2. The third-order valence-corrected chi connectivity index (χ3v) is 7.16.